The quantitative estimate of drug-likeness (QED) is 0.848. The van der Waals surface area contributed by atoms with E-state index in [0.717, 1.165) is 11.1 Å². The van der Waals surface area contributed by atoms with Gasteiger partial charge in [-0.2, -0.15) is 0 Å². The molecule has 0 atom stereocenters. The lowest BCUT2D eigenvalue weighted by atomic mass is 10.1. The Morgan fingerprint density at radius 1 is 1.57 bits per heavy atom. The number of benzene rings is 1. The van der Waals surface area contributed by atoms with Crippen LogP contribution in [-0.2, 0) is 5.33 Å². The highest BCUT2D eigenvalue weighted by Gasteiger charge is 2.14. The van der Waals surface area contributed by atoms with Crippen LogP contribution < -0.4 is 4.74 Å². The summed E-state index contributed by atoms with van der Waals surface area (Å²) in [5.74, 6) is -0.532. The third-order valence-electron chi connectivity index (χ3n) is 1.92. The molecule has 0 saturated carbocycles. The number of hydrogen-bond donors (Lipinski definition) is 1. The van der Waals surface area contributed by atoms with Gasteiger partial charge in [-0.3, -0.25) is 0 Å². The number of carboxylic acids is 1. The van der Waals surface area contributed by atoms with Crippen molar-refractivity contribution < 1.29 is 14.6 Å². The summed E-state index contributed by atoms with van der Waals surface area (Å²) >= 11 is 3.29. The van der Waals surface area contributed by atoms with Gasteiger partial charge in [-0.15, -0.1) is 0 Å². The normalized spacial score (nSPS) is 9.93. The number of alkyl halides is 1. The lowest BCUT2D eigenvalue weighted by Crippen LogP contribution is -2.03. The van der Waals surface area contributed by atoms with Crippen LogP contribution in [0, 0.1) is 6.92 Å². The SMILES string of the molecule is COc1c(C)cc(CBr)cc1C(=O)O. The van der Waals surface area contributed by atoms with E-state index < -0.39 is 5.97 Å². The largest absolute Gasteiger partial charge is 0.496 e. The Hall–Kier alpha value is -1.03. The molecule has 0 radical (unpaired) electrons. The van der Waals surface area contributed by atoms with Gasteiger partial charge in [0.25, 0.3) is 0 Å². The standard InChI is InChI=1S/C10H11BrO3/c1-6-3-7(5-11)4-8(10(12)13)9(6)14-2/h3-4H,5H2,1-2H3,(H,12,13). The molecule has 0 bridgehead atoms. The molecule has 1 aromatic rings. The number of hydrogen-bond acceptors (Lipinski definition) is 2. The van der Waals surface area contributed by atoms with Gasteiger partial charge in [0.15, 0.2) is 0 Å². The van der Waals surface area contributed by atoms with Crippen molar-refractivity contribution in [2.45, 2.75) is 12.3 Å². The fraction of sp³-hybridized carbons (Fsp3) is 0.300. The van der Waals surface area contributed by atoms with Crippen LogP contribution in [0.5, 0.6) is 5.75 Å². The zero-order valence-corrected chi connectivity index (χ0v) is 9.59. The molecule has 0 spiro atoms. The first-order valence-corrected chi connectivity index (χ1v) is 5.19. The first kappa shape index (κ1) is 11.0. The molecule has 0 fully saturated rings. The molecule has 0 unspecified atom stereocenters. The Balaban J connectivity index is 3.35. The average Bonchev–Trinajstić information content (AvgIpc) is 2.16. The third-order valence-corrected chi connectivity index (χ3v) is 2.57. The second-order valence-corrected chi connectivity index (χ2v) is 3.49. The molecular weight excluding hydrogens is 248 g/mol. The minimum atomic E-state index is -0.965. The maximum atomic E-state index is 10.9. The van der Waals surface area contributed by atoms with Crippen LogP contribution in [0.25, 0.3) is 0 Å². The molecule has 1 aromatic carbocycles. The summed E-state index contributed by atoms with van der Waals surface area (Å²) in [5.41, 5.74) is 1.98. The van der Waals surface area contributed by atoms with E-state index in [1.807, 2.05) is 13.0 Å². The number of methoxy groups -OCH3 is 1. The Kier molecular flexibility index (Phi) is 3.52. The maximum Gasteiger partial charge on any atom is 0.339 e. The van der Waals surface area contributed by atoms with Crippen molar-refractivity contribution in [2.24, 2.45) is 0 Å². The van der Waals surface area contributed by atoms with Gasteiger partial charge in [-0.25, -0.2) is 4.79 Å². The van der Waals surface area contributed by atoms with E-state index >= 15 is 0 Å². The van der Waals surface area contributed by atoms with E-state index in [-0.39, 0.29) is 5.56 Å². The van der Waals surface area contributed by atoms with Gasteiger partial charge in [0, 0.05) is 5.33 Å². The van der Waals surface area contributed by atoms with E-state index in [2.05, 4.69) is 15.9 Å². The molecular formula is C10H11BrO3. The molecule has 1 rings (SSSR count). The van der Waals surface area contributed by atoms with Crippen LogP contribution in [0.15, 0.2) is 12.1 Å². The summed E-state index contributed by atoms with van der Waals surface area (Å²) in [5, 5.41) is 9.58. The summed E-state index contributed by atoms with van der Waals surface area (Å²) in [4.78, 5) is 10.9. The van der Waals surface area contributed by atoms with Crippen LogP contribution in [0.2, 0.25) is 0 Å². The number of aromatic carboxylic acids is 1. The number of rotatable bonds is 3. The van der Waals surface area contributed by atoms with Crippen LogP contribution in [0.3, 0.4) is 0 Å². The Bertz CT molecular complexity index is 361. The van der Waals surface area contributed by atoms with E-state index in [1.54, 1.807) is 6.07 Å². The lowest BCUT2D eigenvalue weighted by Gasteiger charge is -2.09. The Labute approximate surface area is 90.8 Å². The minimum Gasteiger partial charge on any atom is -0.496 e. The first-order chi connectivity index (χ1) is 6.60. The summed E-state index contributed by atoms with van der Waals surface area (Å²) < 4.78 is 5.04. The third kappa shape index (κ3) is 2.07. The molecule has 76 valence electrons. The van der Waals surface area contributed by atoms with E-state index in [0.29, 0.717) is 11.1 Å². The number of ether oxygens (including phenoxy) is 1. The fourth-order valence-corrected chi connectivity index (χ4v) is 1.68. The van der Waals surface area contributed by atoms with Crippen LogP contribution in [0.4, 0.5) is 0 Å². The highest BCUT2D eigenvalue weighted by Crippen LogP contribution is 2.26. The number of carbonyl (C=O) groups is 1. The Morgan fingerprint density at radius 2 is 2.21 bits per heavy atom. The second-order valence-electron chi connectivity index (χ2n) is 2.93. The van der Waals surface area contributed by atoms with E-state index in [4.69, 9.17) is 9.84 Å². The maximum absolute atomic E-state index is 10.9. The number of halogens is 1. The number of carboxylic acid groups (broad SMARTS) is 1. The summed E-state index contributed by atoms with van der Waals surface area (Å²) in [6.07, 6.45) is 0. The molecule has 0 heterocycles. The van der Waals surface area contributed by atoms with Gasteiger partial charge >= 0.3 is 5.97 Å². The van der Waals surface area contributed by atoms with Crippen LogP contribution in [0.1, 0.15) is 21.5 Å². The monoisotopic (exact) mass is 258 g/mol. The summed E-state index contributed by atoms with van der Waals surface area (Å²) in [7, 11) is 1.47. The predicted molar refractivity (Wildman–Crippen MR) is 57.3 cm³/mol. The van der Waals surface area contributed by atoms with Crippen molar-refractivity contribution in [3.05, 3.63) is 28.8 Å². The van der Waals surface area contributed by atoms with Crippen molar-refractivity contribution in [3.63, 3.8) is 0 Å². The topological polar surface area (TPSA) is 46.5 Å². The zero-order chi connectivity index (χ0) is 10.7. The minimum absolute atomic E-state index is 0.210. The highest BCUT2D eigenvalue weighted by atomic mass is 79.9. The van der Waals surface area contributed by atoms with Crippen molar-refractivity contribution in [1.82, 2.24) is 0 Å². The van der Waals surface area contributed by atoms with E-state index in [1.165, 1.54) is 7.11 Å². The zero-order valence-electron chi connectivity index (χ0n) is 8.00. The first-order valence-electron chi connectivity index (χ1n) is 4.07. The molecule has 1 N–H and O–H groups in total. The van der Waals surface area contributed by atoms with Crippen molar-refractivity contribution >= 4 is 21.9 Å². The molecule has 4 heteroatoms. The van der Waals surface area contributed by atoms with Crippen molar-refractivity contribution in [1.29, 1.82) is 0 Å². The second kappa shape index (κ2) is 4.46. The highest BCUT2D eigenvalue weighted by molar-refractivity contribution is 9.08. The molecule has 0 aliphatic rings. The molecule has 0 saturated heterocycles. The van der Waals surface area contributed by atoms with Crippen LogP contribution in [-0.4, -0.2) is 18.2 Å². The number of aryl methyl sites for hydroxylation is 1. The van der Waals surface area contributed by atoms with Gasteiger partial charge in [0.05, 0.1) is 7.11 Å². The van der Waals surface area contributed by atoms with Gasteiger partial charge in [-0.1, -0.05) is 22.0 Å². The van der Waals surface area contributed by atoms with Gasteiger partial charge in [-0.05, 0) is 24.1 Å². The van der Waals surface area contributed by atoms with Crippen molar-refractivity contribution in [2.75, 3.05) is 7.11 Å². The molecule has 0 aromatic heterocycles. The summed E-state index contributed by atoms with van der Waals surface area (Å²) in [6.45, 7) is 1.83. The fourth-order valence-electron chi connectivity index (χ4n) is 1.36. The van der Waals surface area contributed by atoms with Gasteiger partial charge in [0.2, 0.25) is 0 Å². The molecule has 0 aliphatic carbocycles. The van der Waals surface area contributed by atoms with Crippen LogP contribution >= 0.6 is 15.9 Å². The molecule has 3 nitrogen and oxygen atoms in total. The van der Waals surface area contributed by atoms with Gasteiger partial charge in [0.1, 0.15) is 11.3 Å². The van der Waals surface area contributed by atoms with Gasteiger partial charge < -0.3 is 9.84 Å². The lowest BCUT2D eigenvalue weighted by molar-refractivity contribution is 0.0693. The van der Waals surface area contributed by atoms with E-state index in [9.17, 15) is 4.79 Å². The molecule has 14 heavy (non-hydrogen) atoms. The smallest absolute Gasteiger partial charge is 0.339 e. The molecule has 0 aliphatic heterocycles. The predicted octanol–water partition coefficient (Wildman–Crippen LogP) is 2.60. The average molecular weight is 259 g/mol. The summed E-state index contributed by atoms with van der Waals surface area (Å²) in [6, 6.07) is 3.52. The van der Waals surface area contributed by atoms with Crippen molar-refractivity contribution in [3.8, 4) is 5.75 Å². The Morgan fingerprint density at radius 3 is 2.64 bits per heavy atom. The molecule has 0 amide bonds.